The van der Waals surface area contributed by atoms with Gasteiger partial charge in [-0.2, -0.15) is 0 Å². The van der Waals surface area contributed by atoms with Gasteiger partial charge in [-0.25, -0.2) is 4.98 Å². The van der Waals surface area contributed by atoms with Crippen molar-refractivity contribution in [2.75, 3.05) is 17.6 Å². The van der Waals surface area contributed by atoms with E-state index in [9.17, 15) is 9.59 Å². The second-order valence-electron chi connectivity index (χ2n) is 7.53. The van der Waals surface area contributed by atoms with Crippen molar-refractivity contribution in [3.05, 3.63) is 95.1 Å². The molecule has 0 saturated carbocycles. The number of aryl methyl sites for hydroxylation is 1. The molecule has 0 unspecified atom stereocenters. The first kappa shape index (κ1) is 22.2. The molecular formula is C25H23N5O2S. The van der Waals surface area contributed by atoms with Crippen molar-refractivity contribution >= 4 is 34.0 Å². The van der Waals surface area contributed by atoms with E-state index >= 15 is 0 Å². The van der Waals surface area contributed by atoms with E-state index in [-0.39, 0.29) is 18.4 Å². The van der Waals surface area contributed by atoms with Gasteiger partial charge in [-0.3, -0.25) is 14.6 Å². The predicted octanol–water partition coefficient (Wildman–Crippen LogP) is 4.38. The zero-order valence-corrected chi connectivity index (χ0v) is 18.9. The van der Waals surface area contributed by atoms with Crippen molar-refractivity contribution in [2.24, 2.45) is 0 Å². The molecule has 7 nitrogen and oxygen atoms in total. The lowest BCUT2D eigenvalue weighted by molar-refractivity contribution is -0.117. The molecule has 0 atom stereocenters. The summed E-state index contributed by atoms with van der Waals surface area (Å²) in [5.41, 5.74) is 10.5. The van der Waals surface area contributed by atoms with Crippen LogP contribution in [0.15, 0.2) is 78.4 Å². The molecule has 0 bridgehead atoms. The topological polar surface area (TPSA) is 101 Å². The summed E-state index contributed by atoms with van der Waals surface area (Å²) in [6, 6.07) is 18.6. The Hall–Kier alpha value is -4.04. The van der Waals surface area contributed by atoms with E-state index in [1.807, 2.05) is 60.8 Å². The summed E-state index contributed by atoms with van der Waals surface area (Å²) < 4.78 is 0. The average molecular weight is 458 g/mol. The Morgan fingerprint density at radius 1 is 1.06 bits per heavy atom. The maximum Gasteiger partial charge on any atom is 0.254 e. The van der Waals surface area contributed by atoms with Crippen LogP contribution in [0.2, 0.25) is 0 Å². The predicted molar refractivity (Wildman–Crippen MR) is 131 cm³/mol. The van der Waals surface area contributed by atoms with Gasteiger partial charge in [-0.15, -0.1) is 11.3 Å². The molecule has 2 amide bonds. The molecule has 2 aromatic heterocycles. The molecule has 0 aliphatic rings. The van der Waals surface area contributed by atoms with Gasteiger partial charge < -0.3 is 16.0 Å². The first-order chi connectivity index (χ1) is 16.0. The second-order valence-corrected chi connectivity index (χ2v) is 8.42. The molecule has 0 fully saturated rings. The van der Waals surface area contributed by atoms with Gasteiger partial charge in [0.1, 0.15) is 6.54 Å². The number of anilines is 2. The van der Waals surface area contributed by atoms with Crippen LogP contribution in [0.3, 0.4) is 0 Å². The van der Waals surface area contributed by atoms with E-state index in [1.54, 1.807) is 24.5 Å². The Morgan fingerprint density at radius 2 is 1.82 bits per heavy atom. The minimum absolute atomic E-state index is 0.0835. The maximum atomic E-state index is 13.1. The number of hydrogen-bond acceptors (Lipinski definition) is 6. The number of pyridine rings is 1. The Balaban J connectivity index is 1.50. The summed E-state index contributed by atoms with van der Waals surface area (Å²) in [6.45, 7) is 2.15. The van der Waals surface area contributed by atoms with Crippen molar-refractivity contribution in [1.29, 1.82) is 0 Å². The molecule has 0 saturated heterocycles. The van der Waals surface area contributed by atoms with Crippen LogP contribution in [0.5, 0.6) is 0 Å². The number of hydrogen-bond donors (Lipinski definition) is 2. The number of carbonyl (C=O) groups is 2. The third-order valence-corrected chi connectivity index (χ3v) is 5.76. The summed E-state index contributed by atoms with van der Waals surface area (Å²) in [5.74, 6) is -0.508. The fourth-order valence-electron chi connectivity index (χ4n) is 3.43. The van der Waals surface area contributed by atoms with Crippen molar-refractivity contribution in [3.63, 3.8) is 0 Å². The van der Waals surface area contributed by atoms with Crippen molar-refractivity contribution in [3.8, 4) is 11.3 Å². The molecule has 3 N–H and O–H groups in total. The number of nitrogens with one attached hydrogen (secondary N) is 1. The van der Waals surface area contributed by atoms with E-state index in [0.29, 0.717) is 22.9 Å². The highest BCUT2D eigenvalue weighted by Crippen LogP contribution is 2.27. The molecule has 2 aromatic carbocycles. The Bertz CT molecular complexity index is 1260. The lowest BCUT2D eigenvalue weighted by atomic mass is 10.1. The highest BCUT2D eigenvalue weighted by atomic mass is 32.1. The summed E-state index contributed by atoms with van der Waals surface area (Å²) in [4.78, 5) is 35.8. The minimum Gasteiger partial charge on any atom is -0.375 e. The van der Waals surface area contributed by atoms with Gasteiger partial charge >= 0.3 is 0 Å². The zero-order valence-electron chi connectivity index (χ0n) is 18.1. The van der Waals surface area contributed by atoms with Crippen LogP contribution in [0.25, 0.3) is 11.3 Å². The largest absolute Gasteiger partial charge is 0.375 e. The van der Waals surface area contributed by atoms with Gasteiger partial charge in [0.25, 0.3) is 5.91 Å². The molecule has 33 heavy (non-hydrogen) atoms. The maximum absolute atomic E-state index is 13.1. The quantitative estimate of drug-likeness (QED) is 0.429. The van der Waals surface area contributed by atoms with Crippen LogP contribution in [-0.4, -0.2) is 33.2 Å². The van der Waals surface area contributed by atoms with Crippen LogP contribution in [0.1, 0.15) is 21.5 Å². The van der Waals surface area contributed by atoms with E-state index in [0.717, 1.165) is 22.4 Å². The minimum atomic E-state index is -0.276. The number of aromatic nitrogens is 2. The number of nitrogens with zero attached hydrogens (tertiary/aromatic N) is 3. The average Bonchev–Trinajstić information content (AvgIpc) is 3.27. The van der Waals surface area contributed by atoms with Gasteiger partial charge in [-0.05, 0) is 42.3 Å². The first-order valence-electron chi connectivity index (χ1n) is 10.3. The standard InChI is InChI=1S/C25H23N5O2S/c1-17-13-20(22-16-33-25(26)29-22)7-8-21(17)28-23(31)15-30(14-18-5-3-2-4-6-18)24(32)19-9-11-27-12-10-19/h2-13,16H,14-15H2,1H3,(H2,26,29)(H,28,31). The van der Waals surface area contributed by atoms with Gasteiger partial charge in [0, 0.05) is 41.1 Å². The van der Waals surface area contributed by atoms with E-state index in [2.05, 4.69) is 15.3 Å². The van der Waals surface area contributed by atoms with Crippen molar-refractivity contribution in [2.45, 2.75) is 13.5 Å². The normalized spacial score (nSPS) is 10.6. The highest BCUT2D eigenvalue weighted by molar-refractivity contribution is 7.13. The Morgan fingerprint density at radius 3 is 2.48 bits per heavy atom. The molecule has 0 spiro atoms. The SMILES string of the molecule is Cc1cc(-c2csc(N)n2)ccc1NC(=O)CN(Cc1ccccc1)C(=O)c1ccncc1. The van der Waals surface area contributed by atoms with Gasteiger partial charge in [0.05, 0.1) is 5.69 Å². The summed E-state index contributed by atoms with van der Waals surface area (Å²) in [5, 5.41) is 5.34. The number of nitrogens with two attached hydrogens (primary N) is 1. The molecule has 8 heteroatoms. The van der Waals surface area contributed by atoms with Crippen molar-refractivity contribution in [1.82, 2.24) is 14.9 Å². The van der Waals surface area contributed by atoms with E-state index in [1.165, 1.54) is 16.2 Å². The van der Waals surface area contributed by atoms with Crippen LogP contribution < -0.4 is 11.1 Å². The fraction of sp³-hybridized carbons (Fsp3) is 0.120. The number of rotatable bonds is 7. The molecule has 0 radical (unpaired) electrons. The van der Waals surface area contributed by atoms with Gasteiger partial charge in [-0.1, -0.05) is 36.4 Å². The van der Waals surface area contributed by atoms with Crippen LogP contribution >= 0.6 is 11.3 Å². The number of carbonyl (C=O) groups excluding carboxylic acids is 2. The molecule has 166 valence electrons. The number of benzene rings is 2. The van der Waals surface area contributed by atoms with E-state index in [4.69, 9.17) is 5.73 Å². The van der Waals surface area contributed by atoms with Crippen molar-refractivity contribution < 1.29 is 9.59 Å². The Kier molecular flexibility index (Phi) is 6.75. The molecule has 0 aliphatic carbocycles. The molecule has 4 aromatic rings. The van der Waals surface area contributed by atoms with E-state index < -0.39 is 0 Å². The van der Waals surface area contributed by atoms with Crippen LogP contribution in [0, 0.1) is 6.92 Å². The van der Waals surface area contributed by atoms with Crippen LogP contribution in [-0.2, 0) is 11.3 Å². The Labute approximate surface area is 195 Å². The molecular weight excluding hydrogens is 434 g/mol. The summed E-state index contributed by atoms with van der Waals surface area (Å²) in [6.07, 6.45) is 3.13. The number of amides is 2. The lowest BCUT2D eigenvalue weighted by Gasteiger charge is -2.23. The molecule has 4 rings (SSSR count). The summed E-state index contributed by atoms with van der Waals surface area (Å²) in [7, 11) is 0. The smallest absolute Gasteiger partial charge is 0.254 e. The number of thiazole rings is 1. The molecule has 2 heterocycles. The van der Waals surface area contributed by atoms with Gasteiger partial charge in [0.15, 0.2) is 5.13 Å². The highest BCUT2D eigenvalue weighted by Gasteiger charge is 2.20. The van der Waals surface area contributed by atoms with Crippen LogP contribution in [0.4, 0.5) is 10.8 Å². The first-order valence-corrected chi connectivity index (χ1v) is 11.2. The monoisotopic (exact) mass is 457 g/mol. The van der Waals surface area contributed by atoms with Gasteiger partial charge in [0.2, 0.25) is 5.91 Å². The third kappa shape index (κ3) is 5.61. The fourth-order valence-corrected chi connectivity index (χ4v) is 4.00. The second kappa shape index (κ2) is 10.1. The lowest BCUT2D eigenvalue weighted by Crippen LogP contribution is -2.37. The number of nitrogen functional groups attached to an aromatic ring is 1. The third-order valence-electron chi connectivity index (χ3n) is 5.08. The summed E-state index contributed by atoms with van der Waals surface area (Å²) >= 11 is 1.38. The zero-order chi connectivity index (χ0) is 23.2. The molecule has 0 aliphatic heterocycles.